The van der Waals surface area contributed by atoms with Crippen molar-refractivity contribution in [1.82, 2.24) is 5.32 Å². The summed E-state index contributed by atoms with van der Waals surface area (Å²) in [5.41, 5.74) is 6.68. The van der Waals surface area contributed by atoms with Crippen molar-refractivity contribution in [1.29, 1.82) is 0 Å². The van der Waals surface area contributed by atoms with Crippen LogP contribution in [0.1, 0.15) is 12.8 Å². The Bertz CT molecular complexity index is 600. The van der Waals surface area contributed by atoms with Gasteiger partial charge in [-0.15, -0.1) is 0 Å². The minimum absolute atomic E-state index is 0.0234. The highest BCUT2D eigenvalue weighted by atomic mass is 32.2. The van der Waals surface area contributed by atoms with Gasteiger partial charge in [-0.2, -0.15) is 0 Å². The summed E-state index contributed by atoms with van der Waals surface area (Å²) in [5.74, 6) is 0.0457. The van der Waals surface area contributed by atoms with E-state index in [4.69, 9.17) is 10.9 Å². The fourth-order valence-corrected chi connectivity index (χ4v) is 2.49. The maximum Gasteiger partial charge on any atom is 0.238 e. The smallest absolute Gasteiger partial charge is 0.238 e. The molecule has 19 heavy (non-hydrogen) atoms. The number of primary sulfonamides is 1. The van der Waals surface area contributed by atoms with Crippen molar-refractivity contribution < 1.29 is 13.2 Å². The van der Waals surface area contributed by atoms with Gasteiger partial charge in [-0.25, -0.2) is 13.6 Å². The van der Waals surface area contributed by atoms with Gasteiger partial charge in [0, 0.05) is 19.0 Å². The van der Waals surface area contributed by atoms with E-state index in [-0.39, 0.29) is 16.8 Å². The molecule has 0 spiro atoms. The summed E-state index contributed by atoms with van der Waals surface area (Å²) in [5, 5.41) is 10.9. The Morgan fingerprint density at radius 2 is 2.16 bits per heavy atom. The number of anilines is 2. The molecule has 8 heteroatoms. The normalized spacial score (nSPS) is 19.2. The molecule has 1 aliphatic heterocycles. The SMILES string of the molecule is Nc1cc(S(N)(=O)=O)ccc1NCC1CCC(=O)N1. The summed E-state index contributed by atoms with van der Waals surface area (Å²) in [7, 11) is -3.74. The first-order valence-electron chi connectivity index (χ1n) is 5.82. The Morgan fingerprint density at radius 1 is 1.42 bits per heavy atom. The zero-order chi connectivity index (χ0) is 14.0. The number of amides is 1. The van der Waals surface area contributed by atoms with Gasteiger partial charge in [-0.05, 0) is 24.6 Å². The van der Waals surface area contributed by atoms with Crippen LogP contribution in [0.4, 0.5) is 11.4 Å². The van der Waals surface area contributed by atoms with E-state index in [9.17, 15) is 13.2 Å². The Labute approximate surface area is 111 Å². The second kappa shape index (κ2) is 5.06. The monoisotopic (exact) mass is 284 g/mol. The number of nitrogens with one attached hydrogen (secondary N) is 2. The molecule has 1 aromatic carbocycles. The zero-order valence-electron chi connectivity index (χ0n) is 10.2. The maximum atomic E-state index is 11.2. The summed E-state index contributed by atoms with van der Waals surface area (Å²) >= 11 is 0. The molecule has 1 atom stereocenters. The average molecular weight is 284 g/mol. The second-order valence-electron chi connectivity index (χ2n) is 4.48. The van der Waals surface area contributed by atoms with Crippen molar-refractivity contribution in [3.8, 4) is 0 Å². The fraction of sp³-hybridized carbons (Fsp3) is 0.364. The highest BCUT2D eigenvalue weighted by Crippen LogP contribution is 2.22. The molecule has 6 N–H and O–H groups in total. The molecule has 0 saturated carbocycles. The van der Waals surface area contributed by atoms with Crippen LogP contribution >= 0.6 is 0 Å². The molecule has 1 heterocycles. The lowest BCUT2D eigenvalue weighted by Crippen LogP contribution is -2.31. The number of nitrogen functional groups attached to an aromatic ring is 1. The molecular formula is C11H16N4O3S. The van der Waals surface area contributed by atoms with E-state index in [1.165, 1.54) is 12.1 Å². The average Bonchev–Trinajstić information content (AvgIpc) is 2.72. The summed E-state index contributed by atoms with van der Waals surface area (Å²) in [6.45, 7) is 0.546. The number of hydrogen-bond donors (Lipinski definition) is 4. The predicted molar refractivity (Wildman–Crippen MR) is 71.9 cm³/mol. The Morgan fingerprint density at radius 3 is 2.68 bits per heavy atom. The van der Waals surface area contributed by atoms with Gasteiger partial charge in [-0.3, -0.25) is 4.79 Å². The second-order valence-corrected chi connectivity index (χ2v) is 6.04. The minimum Gasteiger partial charge on any atom is -0.397 e. The van der Waals surface area contributed by atoms with Crippen LogP contribution < -0.4 is 21.5 Å². The molecule has 0 bridgehead atoms. The van der Waals surface area contributed by atoms with Gasteiger partial charge < -0.3 is 16.4 Å². The van der Waals surface area contributed by atoms with Crippen LogP contribution in [0.3, 0.4) is 0 Å². The summed E-state index contributed by atoms with van der Waals surface area (Å²) in [4.78, 5) is 11.0. The van der Waals surface area contributed by atoms with Crippen LogP contribution in [-0.4, -0.2) is 26.9 Å². The first kappa shape index (κ1) is 13.6. The molecule has 1 saturated heterocycles. The van der Waals surface area contributed by atoms with E-state index in [0.717, 1.165) is 6.42 Å². The van der Waals surface area contributed by atoms with Crippen LogP contribution in [0.5, 0.6) is 0 Å². The van der Waals surface area contributed by atoms with Gasteiger partial charge in [-0.1, -0.05) is 0 Å². The molecular weight excluding hydrogens is 268 g/mol. The van der Waals surface area contributed by atoms with Crippen LogP contribution in [0.25, 0.3) is 0 Å². The van der Waals surface area contributed by atoms with E-state index in [2.05, 4.69) is 10.6 Å². The van der Waals surface area contributed by atoms with Gasteiger partial charge in [0.05, 0.1) is 16.3 Å². The van der Waals surface area contributed by atoms with Crippen molar-refractivity contribution in [2.75, 3.05) is 17.6 Å². The standard InChI is InChI=1S/C11H16N4O3S/c12-9-5-8(19(13,17)18)2-3-10(9)14-6-7-1-4-11(16)15-7/h2-3,5,7,14H,1,4,6,12H2,(H,15,16)(H2,13,17,18). The number of hydrogen-bond acceptors (Lipinski definition) is 5. The summed E-state index contributed by atoms with van der Waals surface area (Å²) < 4.78 is 22.3. The first-order chi connectivity index (χ1) is 8.86. The summed E-state index contributed by atoms with van der Waals surface area (Å²) in [6, 6.07) is 4.34. The third kappa shape index (κ3) is 3.36. The number of carbonyl (C=O) groups is 1. The maximum absolute atomic E-state index is 11.2. The lowest BCUT2D eigenvalue weighted by atomic mass is 10.2. The minimum atomic E-state index is -3.74. The lowest BCUT2D eigenvalue weighted by Gasteiger charge is -2.14. The quantitative estimate of drug-likeness (QED) is 0.560. The molecule has 1 amide bonds. The van der Waals surface area contributed by atoms with Gasteiger partial charge >= 0.3 is 0 Å². The highest BCUT2D eigenvalue weighted by Gasteiger charge is 2.20. The van der Waals surface area contributed by atoms with Crippen LogP contribution in [0.2, 0.25) is 0 Å². The zero-order valence-corrected chi connectivity index (χ0v) is 11.0. The van der Waals surface area contributed by atoms with Crippen molar-refractivity contribution in [3.05, 3.63) is 18.2 Å². The van der Waals surface area contributed by atoms with Crippen molar-refractivity contribution >= 4 is 27.3 Å². The Kier molecular flexibility index (Phi) is 3.63. The molecule has 0 aromatic heterocycles. The van der Waals surface area contributed by atoms with Crippen LogP contribution in [0.15, 0.2) is 23.1 Å². The summed E-state index contributed by atoms with van der Waals surface area (Å²) in [6.07, 6.45) is 1.31. The van der Waals surface area contributed by atoms with E-state index in [1.807, 2.05) is 0 Å². The van der Waals surface area contributed by atoms with Gasteiger partial charge in [0.15, 0.2) is 0 Å². The molecule has 1 fully saturated rings. The number of sulfonamides is 1. The van der Waals surface area contributed by atoms with Crippen molar-refractivity contribution in [2.45, 2.75) is 23.8 Å². The van der Waals surface area contributed by atoms with Gasteiger partial charge in [0.1, 0.15) is 0 Å². The Balaban J connectivity index is 2.03. The van der Waals surface area contributed by atoms with Crippen LogP contribution in [0, 0.1) is 0 Å². The van der Waals surface area contributed by atoms with Crippen LogP contribution in [-0.2, 0) is 14.8 Å². The number of rotatable bonds is 4. The topological polar surface area (TPSA) is 127 Å². The molecule has 1 aliphatic rings. The van der Waals surface area contributed by atoms with Crippen molar-refractivity contribution in [3.63, 3.8) is 0 Å². The Hall–Kier alpha value is -1.80. The van der Waals surface area contributed by atoms with Gasteiger partial charge in [0.2, 0.25) is 15.9 Å². The van der Waals surface area contributed by atoms with E-state index >= 15 is 0 Å². The van der Waals surface area contributed by atoms with Gasteiger partial charge in [0.25, 0.3) is 0 Å². The van der Waals surface area contributed by atoms with Crippen molar-refractivity contribution in [2.24, 2.45) is 5.14 Å². The molecule has 0 radical (unpaired) electrons. The van der Waals surface area contributed by atoms with E-state index in [0.29, 0.717) is 24.3 Å². The third-order valence-corrected chi connectivity index (χ3v) is 3.89. The molecule has 1 aromatic rings. The number of carbonyl (C=O) groups excluding carboxylic acids is 1. The molecule has 0 aliphatic carbocycles. The highest BCUT2D eigenvalue weighted by molar-refractivity contribution is 7.89. The molecule has 1 unspecified atom stereocenters. The molecule has 7 nitrogen and oxygen atoms in total. The first-order valence-corrected chi connectivity index (χ1v) is 7.36. The number of nitrogens with two attached hydrogens (primary N) is 2. The molecule has 104 valence electrons. The van der Waals surface area contributed by atoms with E-state index < -0.39 is 10.0 Å². The fourth-order valence-electron chi connectivity index (χ4n) is 1.94. The molecule has 2 rings (SSSR count). The lowest BCUT2D eigenvalue weighted by molar-refractivity contribution is -0.119. The third-order valence-electron chi connectivity index (χ3n) is 2.98. The largest absolute Gasteiger partial charge is 0.397 e. The van der Waals surface area contributed by atoms with E-state index in [1.54, 1.807) is 6.07 Å². The predicted octanol–water partition coefficient (Wildman–Crippen LogP) is -0.393. The number of benzene rings is 1.